The fourth-order valence-electron chi connectivity index (χ4n) is 2.23. The summed E-state index contributed by atoms with van der Waals surface area (Å²) in [7, 11) is 0. The number of aliphatic hydroxyl groups is 1. The summed E-state index contributed by atoms with van der Waals surface area (Å²) in [4.78, 5) is 12.7. The van der Waals surface area contributed by atoms with Crippen LogP contribution in [0, 0.1) is 0 Å². The predicted molar refractivity (Wildman–Crippen MR) is 66.8 cm³/mol. The van der Waals surface area contributed by atoms with Crippen molar-refractivity contribution in [2.75, 3.05) is 26.2 Å². The molecule has 5 nitrogen and oxygen atoms in total. The van der Waals surface area contributed by atoms with Gasteiger partial charge in [0, 0.05) is 31.2 Å². The predicted octanol–water partition coefficient (Wildman–Crippen LogP) is 0.124. The highest BCUT2D eigenvalue weighted by molar-refractivity contribution is 5.38. The Balaban J connectivity index is 2.12. The van der Waals surface area contributed by atoms with Crippen molar-refractivity contribution in [2.45, 2.75) is 12.3 Å². The zero-order valence-electron chi connectivity index (χ0n) is 10.2. The molecule has 0 amide bonds. The third-order valence-electron chi connectivity index (χ3n) is 3.11. The number of benzene rings is 1. The van der Waals surface area contributed by atoms with Crippen LogP contribution in [0.2, 0.25) is 0 Å². The molecule has 0 spiro atoms. The van der Waals surface area contributed by atoms with Crippen molar-refractivity contribution < 1.29 is 14.6 Å². The van der Waals surface area contributed by atoms with Crippen molar-refractivity contribution >= 4 is 6.47 Å². The van der Waals surface area contributed by atoms with Gasteiger partial charge in [-0.3, -0.25) is 9.69 Å². The van der Waals surface area contributed by atoms with Crippen LogP contribution in [-0.4, -0.2) is 48.8 Å². The molecule has 1 aromatic rings. The molecular formula is C13H18N2O3. The van der Waals surface area contributed by atoms with Crippen LogP contribution in [0.15, 0.2) is 30.3 Å². The molecule has 1 aromatic carbocycles. The molecule has 18 heavy (non-hydrogen) atoms. The van der Waals surface area contributed by atoms with Gasteiger partial charge in [-0.05, 0) is 0 Å². The first-order chi connectivity index (χ1) is 8.85. The average molecular weight is 250 g/mol. The van der Waals surface area contributed by atoms with Crippen molar-refractivity contribution in [1.29, 1.82) is 0 Å². The van der Waals surface area contributed by atoms with Gasteiger partial charge >= 0.3 is 0 Å². The summed E-state index contributed by atoms with van der Waals surface area (Å²) in [5.41, 5.74) is 0.947. The van der Waals surface area contributed by atoms with Gasteiger partial charge in [0.25, 0.3) is 6.47 Å². The van der Waals surface area contributed by atoms with Crippen LogP contribution < -0.4 is 5.32 Å². The van der Waals surface area contributed by atoms with Gasteiger partial charge in [0.1, 0.15) is 0 Å². The van der Waals surface area contributed by atoms with E-state index >= 15 is 0 Å². The molecule has 1 fully saturated rings. The van der Waals surface area contributed by atoms with E-state index in [4.69, 9.17) is 4.74 Å². The smallest absolute Gasteiger partial charge is 0.294 e. The van der Waals surface area contributed by atoms with Crippen LogP contribution in [0.25, 0.3) is 0 Å². The molecule has 0 radical (unpaired) electrons. The molecule has 1 aliphatic rings. The van der Waals surface area contributed by atoms with E-state index in [0.717, 1.165) is 18.7 Å². The van der Waals surface area contributed by atoms with Gasteiger partial charge in [-0.2, -0.15) is 0 Å². The molecule has 2 atom stereocenters. The van der Waals surface area contributed by atoms with Crippen LogP contribution in [0.5, 0.6) is 0 Å². The number of nitrogens with one attached hydrogen (secondary N) is 1. The number of aliphatic hydroxyl groups excluding tert-OH is 1. The zero-order valence-corrected chi connectivity index (χ0v) is 10.2. The highest BCUT2D eigenvalue weighted by Gasteiger charge is 2.27. The van der Waals surface area contributed by atoms with Crippen LogP contribution in [0.3, 0.4) is 0 Å². The van der Waals surface area contributed by atoms with Gasteiger partial charge in [0.05, 0.1) is 6.61 Å². The number of carbonyl (C=O) groups is 1. The van der Waals surface area contributed by atoms with Crippen LogP contribution in [-0.2, 0) is 9.53 Å². The van der Waals surface area contributed by atoms with Gasteiger partial charge in [-0.25, -0.2) is 0 Å². The van der Waals surface area contributed by atoms with E-state index in [9.17, 15) is 9.90 Å². The minimum atomic E-state index is -0.375. The Morgan fingerprint density at radius 1 is 1.50 bits per heavy atom. The molecule has 98 valence electrons. The quantitative estimate of drug-likeness (QED) is 0.727. The molecule has 0 saturated carbocycles. The summed E-state index contributed by atoms with van der Waals surface area (Å²) < 4.78 is 5.20. The molecule has 0 bridgehead atoms. The number of hydrogen-bond acceptors (Lipinski definition) is 5. The van der Waals surface area contributed by atoms with Crippen molar-refractivity contribution in [2.24, 2.45) is 0 Å². The number of carbonyl (C=O) groups excluding carboxylic acids is 1. The molecule has 1 aliphatic heterocycles. The lowest BCUT2D eigenvalue weighted by molar-refractivity contribution is -0.146. The topological polar surface area (TPSA) is 61.8 Å². The standard InChI is InChI=1S/C13H18N2O3/c16-9-12-8-15(7-6-14-12)13(18-10-17)11-4-2-1-3-5-11/h1-5,10,12-14,16H,6-9H2. The van der Waals surface area contributed by atoms with Gasteiger partial charge in [0.15, 0.2) is 6.23 Å². The summed E-state index contributed by atoms with van der Waals surface area (Å²) in [6.07, 6.45) is -0.375. The summed E-state index contributed by atoms with van der Waals surface area (Å²) in [6.45, 7) is 2.78. The van der Waals surface area contributed by atoms with Gasteiger partial charge in [-0.15, -0.1) is 0 Å². The second kappa shape index (κ2) is 6.49. The van der Waals surface area contributed by atoms with E-state index in [2.05, 4.69) is 10.2 Å². The van der Waals surface area contributed by atoms with Crippen molar-refractivity contribution in [3.05, 3.63) is 35.9 Å². The molecule has 1 heterocycles. The number of nitrogens with zero attached hydrogens (tertiary/aromatic N) is 1. The fraction of sp³-hybridized carbons (Fsp3) is 0.462. The van der Waals surface area contributed by atoms with E-state index in [1.54, 1.807) is 0 Å². The molecule has 1 saturated heterocycles. The van der Waals surface area contributed by atoms with Crippen molar-refractivity contribution in [3.8, 4) is 0 Å². The maximum absolute atomic E-state index is 10.7. The highest BCUT2D eigenvalue weighted by Crippen LogP contribution is 2.22. The van der Waals surface area contributed by atoms with E-state index in [-0.39, 0.29) is 18.9 Å². The lowest BCUT2D eigenvalue weighted by Crippen LogP contribution is -2.53. The summed E-state index contributed by atoms with van der Waals surface area (Å²) in [5.74, 6) is 0. The van der Waals surface area contributed by atoms with Crippen LogP contribution in [0.1, 0.15) is 11.8 Å². The van der Waals surface area contributed by atoms with Gasteiger partial charge < -0.3 is 15.2 Å². The number of piperazine rings is 1. The third kappa shape index (κ3) is 3.07. The van der Waals surface area contributed by atoms with Gasteiger partial charge in [0.2, 0.25) is 0 Å². The second-order valence-electron chi connectivity index (χ2n) is 4.32. The average Bonchev–Trinajstić information content (AvgIpc) is 2.46. The number of hydrogen-bond donors (Lipinski definition) is 2. The van der Waals surface area contributed by atoms with Crippen LogP contribution in [0.4, 0.5) is 0 Å². The first-order valence-electron chi connectivity index (χ1n) is 6.07. The SMILES string of the molecule is O=COC(c1ccccc1)N1CCNC(CO)C1. The fourth-order valence-corrected chi connectivity index (χ4v) is 2.23. The van der Waals surface area contributed by atoms with Gasteiger partial charge in [-0.1, -0.05) is 30.3 Å². The summed E-state index contributed by atoms with van der Waals surface area (Å²) in [5, 5.41) is 12.4. The third-order valence-corrected chi connectivity index (χ3v) is 3.11. The summed E-state index contributed by atoms with van der Waals surface area (Å²) in [6, 6.07) is 9.66. The molecule has 2 rings (SSSR count). The molecule has 0 aromatic heterocycles. The monoisotopic (exact) mass is 250 g/mol. The normalized spacial score (nSPS) is 22.4. The van der Waals surface area contributed by atoms with Crippen molar-refractivity contribution in [3.63, 3.8) is 0 Å². The molecule has 2 unspecified atom stereocenters. The maximum Gasteiger partial charge on any atom is 0.294 e. The zero-order chi connectivity index (χ0) is 12.8. The minimum absolute atomic E-state index is 0.0280. The Kier molecular flexibility index (Phi) is 4.69. The Bertz CT molecular complexity index is 372. The number of rotatable bonds is 5. The number of ether oxygens (including phenoxy) is 1. The molecule has 5 heteroatoms. The molecule has 2 N–H and O–H groups in total. The highest BCUT2D eigenvalue weighted by atomic mass is 16.5. The second-order valence-corrected chi connectivity index (χ2v) is 4.32. The minimum Gasteiger partial charge on any atom is -0.444 e. The van der Waals surface area contributed by atoms with Crippen molar-refractivity contribution in [1.82, 2.24) is 10.2 Å². The Labute approximate surface area is 106 Å². The first kappa shape index (κ1) is 13.0. The summed E-state index contributed by atoms with van der Waals surface area (Å²) >= 11 is 0. The van der Waals surface area contributed by atoms with Crippen LogP contribution >= 0.6 is 0 Å². The Morgan fingerprint density at radius 2 is 2.28 bits per heavy atom. The van der Waals surface area contributed by atoms with E-state index in [1.807, 2.05) is 30.3 Å². The maximum atomic E-state index is 10.7. The Morgan fingerprint density at radius 3 is 2.94 bits per heavy atom. The Hall–Kier alpha value is -1.43. The first-order valence-corrected chi connectivity index (χ1v) is 6.07. The van der Waals surface area contributed by atoms with E-state index in [1.165, 1.54) is 0 Å². The van der Waals surface area contributed by atoms with E-state index < -0.39 is 0 Å². The lowest BCUT2D eigenvalue weighted by Gasteiger charge is -2.37. The molecule has 0 aliphatic carbocycles. The molecular weight excluding hydrogens is 232 g/mol. The lowest BCUT2D eigenvalue weighted by atomic mass is 10.1. The van der Waals surface area contributed by atoms with E-state index in [0.29, 0.717) is 13.0 Å². The largest absolute Gasteiger partial charge is 0.444 e.